The van der Waals surface area contributed by atoms with E-state index in [9.17, 15) is 0 Å². The monoisotopic (exact) mass is 540 g/mol. The summed E-state index contributed by atoms with van der Waals surface area (Å²) in [6.07, 6.45) is 0. The second kappa shape index (κ2) is 8.88. The topological polar surface area (TPSA) is 43.2 Å². The fourth-order valence-corrected chi connectivity index (χ4v) is 6.25. The summed E-state index contributed by atoms with van der Waals surface area (Å²) >= 11 is 0. The summed E-state index contributed by atoms with van der Waals surface area (Å²) in [5, 5.41) is 9.25. The van der Waals surface area contributed by atoms with Crippen LogP contribution in [0.5, 0.6) is 0 Å². The highest BCUT2D eigenvalue weighted by Crippen LogP contribution is 2.41. The van der Waals surface area contributed by atoms with Crippen molar-refractivity contribution < 1.29 is 8.83 Å². The van der Waals surface area contributed by atoms with E-state index in [0.29, 0.717) is 0 Å². The number of furan rings is 2. The van der Waals surface area contributed by atoms with E-state index in [1.807, 2.05) is 36.4 Å². The summed E-state index contributed by atoms with van der Waals surface area (Å²) < 4.78 is 14.9. The van der Waals surface area contributed by atoms with Gasteiger partial charge in [-0.15, -0.1) is 0 Å². The van der Waals surface area contributed by atoms with Gasteiger partial charge >= 0.3 is 0 Å². The predicted molar refractivity (Wildman–Crippen MR) is 173 cm³/mol. The highest BCUT2D eigenvalue weighted by atomic mass is 16.3. The molecule has 9 aromatic rings. The number of anilines is 2. The van der Waals surface area contributed by atoms with Crippen LogP contribution in [-0.4, -0.2) is 4.57 Å². The van der Waals surface area contributed by atoms with Crippen LogP contribution in [0.2, 0.25) is 0 Å². The fraction of sp³-hybridized carbons (Fsp3) is 0. The first-order valence-corrected chi connectivity index (χ1v) is 14.1. The molecular formula is C38H24N2O2. The van der Waals surface area contributed by atoms with E-state index in [1.165, 1.54) is 5.39 Å². The number of nitrogens with zero attached hydrogens (tertiary/aromatic N) is 1. The van der Waals surface area contributed by atoms with Crippen LogP contribution in [0.25, 0.3) is 71.7 Å². The van der Waals surface area contributed by atoms with Gasteiger partial charge in [0.1, 0.15) is 11.2 Å². The van der Waals surface area contributed by atoms with E-state index in [2.05, 4.69) is 113 Å². The maximum absolute atomic E-state index is 6.44. The van der Waals surface area contributed by atoms with Gasteiger partial charge < -0.3 is 14.2 Å². The van der Waals surface area contributed by atoms with Gasteiger partial charge in [-0.3, -0.25) is 4.57 Å². The zero-order chi connectivity index (χ0) is 27.6. The quantitative estimate of drug-likeness (QED) is 0.241. The van der Waals surface area contributed by atoms with Gasteiger partial charge in [0.25, 0.3) is 0 Å². The molecule has 0 saturated carbocycles. The van der Waals surface area contributed by atoms with E-state index in [-0.39, 0.29) is 0 Å². The number of rotatable bonds is 4. The number of para-hydroxylation sites is 4. The molecule has 0 bridgehead atoms. The van der Waals surface area contributed by atoms with Crippen molar-refractivity contribution in [1.29, 1.82) is 0 Å². The molecule has 0 radical (unpaired) electrons. The minimum absolute atomic E-state index is 0.868. The third-order valence-corrected chi connectivity index (χ3v) is 8.20. The standard InChI is InChI=1S/C38H24N2O2/c1-2-9-27(10-3-1)40-33-22-19-25(23-31(33)36-30-12-5-7-16-35(30)42-38(36)40)24-17-20-26(21-18-24)39-32-14-8-13-29-28-11-4-6-15-34(28)41-37(29)32/h1-23,39H. The summed E-state index contributed by atoms with van der Waals surface area (Å²) in [5.74, 6) is 0. The maximum Gasteiger partial charge on any atom is 0.213 e. The van der Waals surface area contributed by atoms with E-state index in [1.54, 1.807) is 0 Å². The minimum atomic E-state index is 0.868. The van der Waals surface area contributed by atoms with Crippen molar-refractivity contribution in [3.8, 4) is 16.8 Å². The lowest BCUT2D eigenvalue weighted by molar-refractivity contribution is 0.645. The molecule has 6 aromatic carbocycles. The third kappa shape index (κ3) is 3.42. The Bertz CT molecular complexity index is 2430. The molecule has 0 amide bonds. The van der Waals surface area contributed by atoms with E-state index in [0.717, 1.165) is 77.7 Å². The summed E-state index contributed by atoms with van der Waals surface area (Å²) in [6.45, 7) is 0. The Balaban J connectivity index is 1.13. The largest absolute Gasteiger partial charge is 0.454 e. The number of aromatic nitrogens is 1. The lowest BCUT2D eigenvalue weighted by Gasteiger charge is -2.09. The summed E-state index contributed by atoms with van der Waals surface area (Å²) in [5.41, 5.74) is 10.0. The van der Waals surface area contributed by atoms with Crippen molar-refractivity contribution in [2.45, 2.75) is 0 Å². The normalized spacial score (nSPS) is 11.8. The SMILES string of the molecule is c1ccc(-n2c3ccc(-c4ccc(Nc5cccc6c5oc5ccccc56)cc4)cc3c3c4ccccc4oc32)cc1. The Hall–Kier alpha value is -5.74. The Labute approximate surface area is 241 Å². The van der Waals surface area contributed by atoms with Gasteiger partial charge in [-0.1, -0.05) is 84.9 Å². The molecule has 3 aromatic heterocycles. The molecule has 1 N–H and O–H groups in total. The fourth-order valence-electron chi connectivity index (χ4n) is 6.25. The van der Waals surface area contributed by atoms with E-state index < -0.39 is 0 Å². The second-order valence-electron chi connectivity index (χ2n) is 10.7. The van der Waals surface area contributed by atoms with Gasteiger partial charge in [0.05, 0.1) is 16.6 Å². The molecule has 42 heavy (non-hydrogen) atoms. The Morgan fingerprint density at radius 1 is 0.500 bits per heavy atom. The highest BCUT2D eigenvalue weighted by molar-refractivity contribution is 6.20. The predicted octanol–water partition coefficient (Wildman–Crippen LogP) is 10.8. The Morgan fingerprint density at radius 3 is 2.02 bits per heavy atom. The highest BCUT2D eigenvalue weighted by Gasteiger charge is 2.19. The van der Waals surface area contributed by atoms with Crippen molar-refractivity contribution in [1.82, 2.24) is 4.57 Å². The van der Waals surface area contributed by atoms with Crippen molar-refractivity contribution in [2.24, 2.45) is 0 Å². The van der Waals surface area contributed by atoms with E-state index in [4.69, 9.17) is 8.83 Å². The first-order chi connectivity index (χ1) is 20.8. The molecule has 9 rings (SSSR count). The molecular weight excluding hydrogens is 516 g/mol. The number of hydrogen-bond donors (Lipinski definition) is 1. The van der Waals surface area contributed by atoms with Gasteiger partial charge in [0, 0.05) is 32.9 Å². The maximum atomic E-state index is 6.44. The Morgan fingerprint density at radius 2 is 1.19 bits per heavy atom. The van der Waals surface area contributed by atoms with Crippen LogP contribution >= 0.6 is 0 Å². The first-order valence-electron chi connectivity index (χ1n) is 14.1. The second-order valence-corrected chi connectivity index (χ2v) is 10.7. The average Bonchev–Trinajstić information content (AvgIpc) is 3.71. The van der Waals surface area contributed by atoms with Crippen molar-refractivity contribution in [2.75, 3.05) is 5.32 Å². The van der Waals surface area contributed by atoms with Gasteiger partial charge in [-0.25, -0.2) is 0 Å². The van der Waals surface area contributed by atoms with Crippen LogP contribution in [0.3, 0.4) is 0 Å². The van der Waals surface area contributed by atoms with Crippen LogP contribution in [0.15, 0.2) is 148 Å². The van der Waals surface area contributed by atoms with Crippen LogP contribution in [0.4, 0.5) is 11.4 Å². The van der Waals surface area contributed by atoms with Crippen molar-refractivity contribution >= 4 is 66.3 Å². The molecule has 0 saturated heterocycles. The van der Waals surface area contributed by atoms with Crippen LogP contribution in [0, 0.1) is 0 Å². The lowest BCUT2D eigenvalue weighted by Crippen LogP contribution is -1.92. The third-order valence-electron chi connectivity index (χ3n) is 8.20. The number of nitrogens with one attached hydrogen (secondary N) is 1. The molecule has 198 valence electrons. The smallest absolute Gasteiger partial charge is 0.213 e. The molecule has 0 spiro atoms. The molecule has 0 unspecified atom stereocenters. The van der Waals surface area contributed by atoms with E-state index >= 15 is 0 Å². The summed E-state index contributed by atoms with van der Waals surface area (Å²) in [6, 6.07) is 48.4. The van der Waals surface area contributed by atoms with Gasteiger partial charge in [-0.2, -0.15) is 0 Å². The molecule has 0 atom stereocenters. The van der Waals surface area contributed by atoms with Gasteiger partial charge in [-0.05, 0) is 65.7 Å². The lowest BCUT2D eigenvalue weighted by atomic mass is 10.0. The van der Waals surface area contributed by atoms with Crippen LogP contribution in [0.1, 0.15) is 0 Å². The van der Waals surface area contributed by atoms with Crippen molar-refractivity contribution in [3.05, 3.63) is 140 Å². The zero-order valence-corrected chi connectivity index (χ0v) is 22.5. The van der Waals surface area contributed by atoms with Crippen molar-refractivity contribution in [3.63, 3.8) is 0 Å². The average molecular weight is 541 g/mol. The molecule has 3 heterocycles. The number of fused-ring (bicyclic) bond motifs is 8. The molecule has 0 aliphatic heterocycles. The molecule has 0 aliphatic carbocycles. The summed E-state index contributed by atoms with van der Waals surface area (Å²) in [7, 11) is 0. The van der Waals surface area contributed by atoms with Crippen LogP contribution < -0.4 is 5.32 Å². The zero-order valence-electron chi connectivity index (χ0n) is 22.5. The molecule has 4 nitrogen and oxygen atoms in total. The number of hydrogen-bond acceptors (Lipinski definition) is 3. The van der Waals surface area contributed by atoms with Crippen LogP contribution in [-0.2, 0) is 0 Å². The number of benzene rings is 6. The summed E-state index contributed by atoms with van der Waals surface area (Å²) in [4.78, 5) is 0. The molecule has 0 aliphatic rings. The first kappa shape index (κ1) is 23.0. The molecule has 0 fully saturated rings. The van der Waals surface area contributed by atoms with Gasteiger partial charge in [0.2, 0.25) is 5.71 Å². The van der Waals surface area contributed by atoms with Gasteiger partial charge in [0.15, 0.2) is 5.58 Å². The minimum Gasteiger partial charge on any atom is -0.454 e. The molecule has 4 heteroatoms. The Kier molecular flexibility index (Phi) is 4.87.